The van der Waals surface area contributed by atoms with Crippen molar-refractivity contribution in [2.45, 2.75) is 46.2 Å². The molecule has 1 saturated heterocycles. The van der Waals surface area contributed by atoms with Gasteiger partial charge < -0.3 is 14.8 Å². The minimum Gasteiger partial charge on any atom is -0.354 e. The first kappa shape index (κ1) is 22.2. The first-order valence-corrected chi connectivity index (χ1v) is 11.2. The highest BCUT2D eigenvalue weighted by atomic mass is 19.1. The summed E-state index contributed by atoms with van der Waals surface area (Å²) in [6.07, 6.45) is 5.02. The van der Waals surface area contributed by atoms with Crippen LogP contribution in [0.15, 0.2) is 35.3 Å². The monoisotopic (exact) mass is 439 g/mol. The van der Waals surface area contributed by atoms with E-state index < -0.39 is 0 Å². The van der Waals surface area contributed by atoms with Crippen molar-refractivity contribution in [3.05, 3.63) is 63.6 Å². The molecule has 2 aromatic heterocycles. The van der Waals surface area contributed by atoms with Crippen molar-refractivity contribution in [1.82, 2.24) is 24.6 Å². The van der Waals surface area contributed by atoms with Crippen molar-refractivity contribution >= 4 is 16.7 Å². The Morgan fingerprint density at radius 1 is 1.16 bits per heavy atom. The average molecular weight is 440 g/mol. The summed E-state index contributed by atoms with van der Waals surface area (Å²) in [5, 5.41) is 8.37. The van der Waals surface area contributed by atoms with Gasteiger partial charge in [-0.25, -0.2) is 9.07 Å². The van der Waals surface area contributed by atoms with Crippen molar-refractivity contribution in [3.63, 3.8) is 0 Å². The topological polar surface area (TPSA) is 72.2 Å². The van der Waals surface area contributed by atoms with Gasteiger partial charge in [0.05, 0.1) is 18.1 Å². The quantitative estimate of drug-likeness (QED) is 0.548. The summed E-state index contributed by atoms with van der Waals surface area (Å²) in [5.74, 6) is -0.499. The highest BCUT2D eigenvalue weighted by molar-refractivity contribution is 5.87. The molecule has 4 rings (SSSR count). The fourth-order valence-electron chi connectivity index (χ4n) is 4.52. The number of rotatable bonds is 8. The van der Waals surface area contributed by atoms with Gasteiger partial charge in [0.15, 0.2) is 0 Å². The number of carbonyl (C=O) groups is 1. The van der Waals surface area contributed by atoms with Crippen molar-refractivity contribution in [1.29, 1.82) is 0 Å². The van der Waals surface area contributed by atoms with E-state index in [1.165, 1.54) is 23.6 Å². The van der Waals surface area contributed by atoms with E-state index >= 15 is 0 Å². The third-order valence-corrected chi connectivity index (χ3v) is 6.36. The average Bonchev–Trinajstić information content (AvgIpc) is 3.37. The Balaban J connectivity index is 1.47. The van der Waals surface area contributed by atoms with Crippen LogP contribution in [0.2, 0.25) is 0 Å². The molecule has 3 aromatic rings. The largest absolute Gasteiger partial charge is 0.354 e. The fraction of sp³-hybridized carbons (Fsp3) is 0.458. The summed E-state index contributed by atoms with van der Waals surface area (Å²) in [6, 6.07) is 6.63. The zero-order valence-corrected chi connectivity index (χ0v) is 18.7. The van der Waals surface area contributed by atoms with Crippen LogP contribution in [0.25, 0.3) is 10.8 Å². The van der Waals surface area contributed by atoms with Crippen LogP contribution in [-0.4, -0.2) is 51.3 Å². The Morgan fingerprint density at radius 3 is 2.66 bits per heavy atom. The van der Waals surface area contributed by atoms with Gasteiger partial charge in [0.1, 0.15) is 12.4 Å². The van der Waals surface area contributed by atoms with E-state index in [1.807, 2.05) is 18.4 Å². The van der Waals surface area contributed by atoms with Crippen LogP contribution in [0.1, 0.15) is 36.2 Å². The number of nitrogens with one attached hydrogen (secondary N) is 1. The maximum atomic E-state index is 14.2. The predicted molar refractivity (Wildman–Crippen MR) is 122 cm³/mol. The Hall–Kier alpha value is -3.00. The Bertz CT molecular complexity index is 1180. The summed E-state index contributed by atoms with van der Waals surface area (Å²) < 4.78 is 17.3. The third kappa shape index (κ3) is 4.60. The molecule has 8 heteroatoms. The number of hydrogen-bond acceptors (Lipinski definition) is 4. The SMILES string of the molecule is Cc1c2cnn(CC(=O)NCCCN3CCCC3)c(=O)c2c(C)n1Cc1ccccc1F. The molecule has 1 fully saturated rings. The molecule has 7 nitrogen and oxygen atoms in total. The second kappa shape index (κ2) is 9.65. The van der Waals surface area contributed by atoms with E-state index in [0.29, 0.717) is 24.0 Å². The first-order valence-electron chi connectivity index (χ1n) is 11.2. The predicted octanol–water partition coefficient (Wildman–Crippen LogP) is 2.60. The summed E-state index contributed by atoms with van der Waals surface area (Å²) in [7, 11) is 0. The molecule has 0 spiro atoms. The summed E-state index contributed by atoms with van der Waals surface area (Å²) in [4.78, 5) is 27.9. The van der Waals surface area contributed by atoms with Crippen molar-refractivity contribution in [2.24, 2.45) is 0 Å². The van der Waals surface area contributed by atoms with Crippen LogP contribution in [0, 0.1) is 19.7 Å². The second-order valence-electron chi connectivity index (χ2n) is 8.50. The number of aromatic nitrogens is 3. The second-order valence-corrected chi connectivity index (χ2v) is 8.50. The zero-order chi connectivity index (χ0) is 22.7. The van der Waals surface area contributed by atoms with Gasteiger partial charge in [0, 0.05) is 28.9 Å². The summed E-state index contributed by atoms with van der Waals surface area (Å²) in [5.41, 5.74) is 1.85. The molecule has 0 unspecified atom stereocenters. The number of carbonyl (C=O) groups excluding carboxylic acids is 1. The number of benzene rings is 1. The number of halogens is 1. The third-order valence-electron chi connectivity index (χ3n) is 6.36. The van der Waals surface area contributed by atoms with Crippen molar-refractivity contribution < 1.29 is 9.18 Å². The molecule has 0 bridgehead atoms. The molecular weight excluding hydrogens is 409 g/mol. The number of amides is 1. The molecule has 1 aliphatic rings. The first-order chi connectivity index (χ1) is 15.5. The standard InChI is InChI=1S/C24H30FN5O2/c1-17-20-14-27-30(16-22(31)26-10-7-13-28-11-5-6-12-28)24(32)23(20)18(2)29(17)15-19-8-3-4-9-21(19)25/h3-4,8-9,14H,5-7,10-13,15-16H2,1-2H3,(H,26,31). The number of fused-ring (bicyclic) bond motifs is 1. The number of aryl methyl sites for hydroxylation is 2. The summed E-state index contributed by atoms with van der Waals surface area (Å²) >= 11 is 0. The fourth-order valence-corrected chi connectivity index (χ4v) is 4.52. The van der Waals surface area contributed by atoms with E-state index in [2.05, 4.69) is 15.3 Å². The van der Waals surface area contributed by atoms with Crippen LogP contribution in [0.3, 0.4) is 0 Å². The molecule has 3 heterocycles. The lowest BCUT2D eigenvalue weighted by Crippen LogP contribution is -2.35. The van der Waals surface area contributed by atoms with Crippen molar-refractivity contribution in [3.8, 4) is 0 Å². The number of nitrogens with zero attached hydrogens (tertiary/aromatic N) is 4. The van der Waals surface area contributed by atoms with Gasteiger partial charge in [-0.1, -0.05) is 18.2 Å². The molecule has 0 atom stereocenters. The zero-order valence-electron chi connectivity index (χ0n) is 18.7. The summed E-state index contributed by atoms with van der Waals surface area (Å²) in [6.45, 7) is 7.81. The Kier molecular flexibility index (Phi) is 6.69. The van der Waals surface area contributed by atoms with E-state index in [1.54, 1.807) is 24.4 Å². The molecule has 170 valence electrons. The van der Waals surface area contributed by atoms with E-state index in [-0.39, 0.29) is 23.8 Å². The molecular formula is C24H30FN5O2. The molecule has 1 aromatic carbocycles. The minimum atomic E-state index is -0.303. The van der Waals surface area contributed by atoms with Crippen LogP contribution < -0.4 is 10.9 Å². The maximum Gasteiger partial charge on any atom is 0.276 e. The minimum absolute atomic E-state index is 0.116. The van der Waals surface area contributed by atoms with Crippen LogP contribution in [0.4, 0.5) is 4.39 Å². The molecule has 32 heavy (non-hydrogen) atoms. The van der Waals surface area contributed by atoms with E-state index in [4.69, 9.17) is 0 Å². The smallest absolute Gasteiger partial charge is 0.276 e. The number of hydrogen-bond donors (Lipinski definition) is 1. The normalized spacial score (nSPS) is 14.3. The van der Waals surface area contributed by atoms with E-state index in [9.17, 15) is 14.0 Å². The highest BCUT2D eigenvalue weighted by Crippen LogP contribution is 2.23. The van der Waals surface area contributed by atoms with Gasteiger partial charge >= 0.3 is 0 Å². The molecule has 1 amide bonds. The van der Waals surface area contributed by atoms with Gasteiger partial charge in [-0.15, -0.1) is 0 Å². The van der Waals surface area contributed by atoms with Crippen LogP contribution in [-0.2, 0) is 17.9 Å². The molecule has 1 N–H and O–H groups in total. The lowest BCUT2D eigenvalue weighted by Gasteiger charge is -2.14. The molecule has 0 aliphatic carbocycles. The van der Waals surface area contributed by atoms with Gasteiger partial charge in [-0.3, -0.25) is 9.59 Å². The molecule has 0 saturated carbocycles. The van der Waals surface area contributed by atoms with Gasteiger partial charge in [0.2, 0.25) is 5.91 Å². The van der Waals surface area contributed by atoms with Gasteiger partial charge in [0.25, 0.3) is 5.56 Å². The Labute approximate surface area is 186 Å². The van der Waals surface area contributed by atoms with Gasteiger partial charge in [-0.05, 0) is 58.8 Å². The lowest BCUT2D eigenvalue weighted by molar-refractivity contribution is -0.121. The Morgan fingerprint density at radius 2 is 1.91 bits per heavy atom. The highest BCUT2D eigenvalue weighted by Gasteiger charge is 2.18. The maximum absolute atomic E-state index is 14.2. The van der Waals surface area contributed by atoms with Crippen LogP contribution in [0.5, 0.6) is 0 Å². The van der Waals surface area contributed by atoms with E-state index in [0.717, 1.165) is 42.8 Å². The molecule has 1 aliphatic heterocycles. The lowest BCUT2D eigenvalue weighted by atomic mass is 10.2. The van der Waals surface area contributed by atoms with Crippen LogP contribution >= 0.6 is 0 Å². The number of likely N-dealkylation sites (tertiary alicyclic amines) is 1. The van der Waals surface area contributed by atoms with Crippen molar-refractivity contribution in [2.75, 3.05) is 26.2 Å². The van der Waals surface area contributed by atoms with Gasteiger partial charge in [-0.2, -0.15) is 5.10 Å². The molecule has 0 radical (unpaired) electrons.